The van der Waals surface area contributed by atoms with Crippen LogP contribution in [0.1, 0.15) is 27.7 Å². The number of carboxylic acids is 1. The highest BCUT2D eigenvalue weighted by Gasteiger charge is 2.65. The third-order valence-electron chi connectivity index (χ3n) is 3.78. The number of hydrogen-bond acceptors (Lipinski definition) is 3. The van der Waals surface area contributed by atoms with E-state index in [1.807, 2.05) is 0 Å². The Kier molecular flexibility index (Phi) is 3.28. The first kappa shape index (κ1) is 13.0. The van der Waals surface area contributed by atoms with Crippen molar-refractivity contribution in [2.45, 2.75) is 33.7 Å². The molecule has 1 rings (SSSR count). The summed E-state index contributed by atoms with van der Waals surface area (Å²) in [5.41, 5.74) is 0.158. The zero-order valence-electron chi connectivity index (χ0n) is 10.2. The molecule has 1 aliphatic rings. The maximum absolute atomic E-state index is 11.4. The number of nitrogens with one attached hydrogen (secondary N) is 1. The zero-order chi connectivity index (χ0) is 12.6. The molecule has 0 atom stereocenters. The molecule has 5 heteroatoms. The van der Waals surface area contributed by atoms with E-state index in [1.54, 1.807) is 0 Å². The molecule has 5 nitrogen and oxygen atoms in total. The lowest BCUT2D eigenvalue weighted by Gasteiger charge is -2.06. The van der Waals surface area contributed by atoms with Gasteiger partial charge in [0.05, 0.1) is 0 Å². The monoisotopic (exact) mass is 229 g/mol. The van der Waals surface area contributed by atoms with Crippen LogP contribution in [0, 0.1) is 10.8 Å². The molecule has 1 saturated carbocycles. The van der Waals surface area contributed by atoms with Crippen LogP contribution in [0.25, 0.3) is 0 Å². The Morgan fingerprint density at radius 3 is 2.06 bits per heavy atom. The fourth-order valence-corrected chi connectivity index (χ4v) is 1.99. The molecule has 0 saturated heterocycles. The lowest BCUT2D eigenvalue weighted by atomic mass is 10.0. The third-order valence-corrected chi connectivity index (χ3v) is 3.78. The minimum Gasteiger partial charge on any atom is -0.480 e. The molecule has 0 spiro atoms. The predicted octanol–water partition coefficient (Wildman–Crippen LogP) is 0.638. The summed E-state index contributed by atoms with van der Waals surface area (Å²) in [6.07, 6.45) is 0. The molecule has 0 unspecified atom stereocenters. The maximum Gasteiger partial charge on any atom is 0.329 e. The van der Waals surface area contributed by atoms with Crippen LogP contribution in [0.3, 0.4) is 0 Å². The van der Waals surface area contributed by atoms with Crippen LogP contribution in [-0.2, 0) is 14.3 Å². The molecule has 16 heavy (non-hydrogen) atoms. The number of hydrogen-bond donors (Lipinski definition) is 2. The van der Waals surface area contributed by atoms with Gasteiger partial charge in [-0.2, -0.15) is 0 Å². The van der Waals surface area contributed by atoms with Crippen molar-refractivity contribution in [3.63, 3.8) is 0 Å². The quantitative estimate of drug-likeness (QED) is 0.725. The van der Waals surface area contributed by atoms with Crippen LogP contribution in [0.5, 0.6) is 0 Å². The summed E-state index contributed by atoms with van der Waals surface area (Å²) in [5.74, 6) is -1.33. The van der Waals surface area contributed by atoms with E-state index in [0.717, 1.165) is 0 Å². The Labute approximate surface area is 95.2 Å². The highest BCUT2D eigenvalue weighted by atomic mass is 16.5. The Balaban J connectivity index is 2.29. The summed E-state index contributed by atoms with van der Waals surface area (Å²) in [6, 6.07) is 0.126. The van der Waals surface area contributed by atoms with Crippen molar-refractivity contribution in [2.75, 3.05) is 13.2 Å². The van der Waals surface area contributed by atoms with E-state index in [2.05, 4.69) is 33.0 Å². The first-order valence-corrected chi connectivity index (χ1v) is 5.28. The average molecular weight is 229 g/mol. The lowest BCUT2D eigenvalue weighted by Crippen LogP contribution is -2.33. The van der Waals surface area contributed by atoms with Crippen molar-refractivity contribution in [2.24, 2.45) is 10.8 Å². The second-order valence-electron chi connectivity index (χ2n) is 5.33. The van der Waals surface area contributed by atoms with E-state index in [-0.39, 0.29) is 29.4 Å². The molecule has 0 aromatic rings. The van der Waals surface area contributed by atoms with E-state index in [9.17, 15) is 9.59 Å². The summed E-state index contributed by atoms with van der Waals surface area (Å²) in [5, 5.41) is 11.2. The van der Waals surface area contributed by atoms with Crippen LogP contribution in [0.2, 0.25) is 0 Å². The Morgan fingerprint density at radius 1 is 1.19 bits per heavy atom. The van der Waals surface area contributed by atoms with Crippen molar-refractivity contribution >= 4 is 11.9 Å². The van der Waals surface area contributed by atoms with E-state index in [4.69, 9.17) is 9.84 Å². The largest absolute Gasteiger partial charge is 0.480 e. The Morgan fingerprint density at radius 2 is 1.69 bits per heavy atom. The van der Waals surface area contributed by atoms with Crippen molar-refractivity contribution in [3.8, 4) is 0 Å². The molecule has 0 aromatic carbocycles. The van der Waals surface area contributed by atoms with Crippen molar-refractivity contribution in [1.82, 2.24) is 5.32 Å². The highest BCUT2D eigenvalue weighted by molar-refractivity contribution is 5.78. The number of carbonyl (C=O) groups is 2. The molecule has 1 aliphatic carbocycles. The molecule has 92 valence electrons. The van der Waals surface area contributed by atoms with Gasteiger partial charge < -0.3 is 15.2 Å². The van der Waals surface area contributed by atoms with E-state index >= 15 is 0 Å². The molecule has 1 amide bonds. The smallest absolute Gasteiger partial charge is 0.329 e. The molecule has 1 fully saturated rings. The SMILES string of the molecule is CC1(C)C(NC(=O)COCC(=O)O)C1(C)C. The fourth-order valence-electron chi connectivity index (χ4n) is 1.99. The molecular formula is C11H19NO4. The average Bonchev–Trinajstić information content (AvgIpc) is 2.47. The topological polar surface area (TPSA) is 75.6 Å². The number of carbonyl (C=O) groups excluding carboxylic acids is 1. The Bertz CT molecular complexity index is 295. The fraction of sp³-hybridized carbons (Fsp3) is 0.818. The van der Waals surface area contributed by atoms with Gasteiger partial charge in [-0.05, 0) is 10.8 Å². The van der Waals surface area contributed by atoms with Gasteiger partial charge in [0.15, 0.2) is 0 Å². The molecular weight excluding hydrogens is 210 g/mol. The standard InChI is InChI=1S/C11H19NO4/c1-10(2)9(11(10,3)4)12-7(13)5-16-6-8(14)15/h9H,5-6H2,1-4H3,(H,12,13)(H,14,15). The van der Waals surface area contributed by atoms with Crippen LogP contribution in [0.4, 0.5) is 0 Å². The highest BCUT2D eigenvalue weighted by Crippen LogP contribution is 2.62. The molecule has 0 bridgehead atoms. The van der Waals surface area contributed by atoms with Crippen LogP contribution in [-0.4, -0.2) is 36.2 Å². The first-order chi connectivity index (χ1) is 7.19. The molecule has 2 N–H and O–H groups in total. The van der Waals surface area contributed by atoms with Gasteiger partial charge in [0.1, 0.15) is 13.2 Å². The molecule has 0 heterocycles. The Hall–Kier alpha value is -1.10. The van der Waals surface area contributed by atoms with Gasteiger partial charge in [0.25, 0.3) is 0 Å². The van der Waals surface area contributed by atoms with Gasteiger partial charge in [0.2, 0.25) is 5.91 Å². The summed E-state index contributed by atoms with van der Waals surface area (Å²) in [6.45, 7) is 7.73. The van der Waals surface area contributed by atoms with Crippen molar-refractivity contribution in [1.29, 1.82) is 0 Å². The first-order valence-electron chi connectivity index (χ1n) is 5.28. The molecule has 0 aliphatic heterocycles. The van der Waals surface area contributed by atoms with Crippen LogP contribution < -0.4 is 5.32 Å². The molecule has 0 aromatic heterocycles. The number of carboxylic acid groups (broad SMARTS) is 1. The van der Waals surface area contributed by atoms with Gasteiger partial charge in [-0.1, -0.05) is 27.7 Å². The van der Waals surface area contributed by atoms with E-state index < -0.39 is 12.6 Å². The number of aliphatic carboxylic acids is 1. The zero-order valence-corrected chi connectivity index (χ0v) is 10.2. The minimum absolute atomic E-state index is 0.0788. The number of ether oxygens (including phenoxy) is 1. The minimum atomic E-state index is -1.07. The summed E-state index contributed by atoms with van der Waals surface area (Å²) >= 11 is 0. The predicted molar refractivity (Wildman–Crippen MR) is 57.9 cm³/mol. The van der Waals surface area contributed by atoms with Crippen molar-refractivity contribution < 1.29 is 19.4 Å². The summed E-state index contributed by atoms with van der Waals surface area (Å²) in [7, 11) is 0. The van der Waals surface area contributed by atoms with E-state index in [1.165, 1.54) is 0 Å². The number of amides is 1. The summed E-state index contributed by atoms with van der Waals surface area (Å²) in [4.78, 5) is 21.6. The van der Waals surface area contributed by atoms with Crippen molar-refractivity contribution in [3.05, 3.63) is 0 Å². The van der Waals surface area contributed by atoms with Gasteiger partial charge >= 0.3 is 5.97 Å². The second kappa shape index (κ2) is 4.05. The van der Waals surface area contributed by atoms with Crippen LogP contribution in [0.15, 0.2) is 0 Å². The van der Waals surface area contributed by atoms with E-state index in [0.29, 0.717) is 0 Å². The van der Waals surface area contributed by atoms with Crippen LogP contribution >= 0.6 is 0 Å². The lowest BCUT2D eigenvalue weighted by molar-refractivity contribution is -0.143. The molecule has 0 radical (unpaired) electrons. The third kappa shape index (κ3) is 2.35. The van der Waals surface area contributed by atoms with Gasteiger partial charge in [-0.25, -0.2) is 4.79 Å². The second-order valence-corrected chi connectivity index (χ2v) is 5.33. The van der Waals surface area contributed by atoms with Gasteiger partial charge in [0, 0.05) is 6.04 Å². The van der Waals surface area contributed by atoms with Gasteiger partial charge in [-0.3, -0.25) is 4.79 Å². The maximum atomic E-state index is 11.4. The normalized spacial score (nSPS) is 21.5. The number of rotatable bonds is 5. The summed E-state index contributed by atoms with van der Waals surface area (Å²) < 4.78 is 4.71. The van der Waals surface area contributed by atoms with Gasteiger partial charge in [-0.15, -0.1) is 0 Å².